The Bertz CT molecular complexity index is 1250. The van der Waals surface area contributed by atoms with Gasteiger partial charge in [-0.1, -0.05) is 35.9 Å². The molecule has 0 bridgehead atoms. The van der Waals surface area contributed by atoms with E-state index in [1.165, 1.54) is 12.1 Å². The highest BCUT2D eigenvalue weighted by atomic mass is 32.2. The number of anilines is 2. The smallest absolute Gasteiger partial charge is 0.238 e. The highest BCUT2D eigenvalue weighted by Crippen LogP contribution is 2.34. The zero-order valence-electron chi connectivity index (χ0n) is 15.5. The molecule has 0 spiro atoms. The Morgan fingerprint density at radius 1 is 0.931 bits per heavy atom. The summed E-state index contributed by atoms with van der Waals surface area (Å²) in [5, 5.41) is 2.72. The number of nitrogens with one attached hydrogen (secondary N) is 1. The van der Waals surface area contributed by atoms with Gasteiger partial charge >= 0.3 is 0 Å². The molecule has 29 heavy (non-hydrogen) atoms. The number of aromatic nitrogens is 1. The van der Waals surface area contributed by atoms with E-state index in [-0.39, 0.29) is 21.7 Å². The Morgan fingerprint density at radius 3 is 2.34 bits per heavy atom. The molecule has 0 amide bonds. The minimum atomic E-state index is -4.04. The average Bonchev–Trinajstić information content (AvgIpc) is 3.14. The lowest BCUT2D eigenvalue weighted by molar-refractivity contribution is 0.581. The molecule has 0 saturated heterocycles. The van der Waals surface area contributed by atoms with Gasteiger partial charge in [-0.15, -0.1) is 0 Å². The van der Waals surface area contributed by atoms with Gasteiger partial charge in [0.1, 0.15) is 5.82 Å². The number of sulfone groups is 1. The van der Waals surface area contributed by atoms with E-state index in [1.54, 1.807) is 18.2 Å². The topological polar surface area (TPSA) is 72.2 Å². The SMILES string of the molecule is Cc1cccc(-c2nc(S(=O)(=O)c3ccc(F)cc3)c(Nc3ccccc3)o2)c1. The predicted molar refractivity (Wildman–Crippen MR) is 108 cm³/mol. The third-order valence-corrected chi connectivity index (χ3v) is 5.95. The van der Waals surface area contributed by atoms with Crippen molar-refractivity contribution in [2.75, 3.05) is 5.32 Å². The molecule has 0 fully saturated rings. The molecule has 1 aromatic heterocycles. The van der Waals surface area contributed by atoms with Gasteiger partial charge in [0.15, 0.2) is 0 Å². The summed E-state index contributed by atoms with van der Waals surface area (Å²) in [6, 6.07) is 21.0. The summed E-state index contributed by atoms with van der Waals surface area (Å²) in [6.45, 7) is 1.92. The van der Waals surface area contributed by atoms with E-state index < -0.39 is 15.7 Å². The van der Waals surface area contributed by atoms with Crippen LogP contribution in [0.5, 0.6) is 0 Å². The van der Waals surface area contributed by atoms with Crippen molar-refractivity contribution in [2.45, 2.75) is 16.8 Å². The van der Waals surface area contributed by atoms with Gasteiger partial charge in [0.25, 0.3) is 0 Å². The van der Waals surface area contributed by atoms with Crippen LogP contribution in [0.4, 0.5) is 16.0 Å². The van der Waals surface area contributed by atoms with Gasteiger partial charge in [-0.25, -0.2) is 12.8 Å². The first kappa shape index (κ1) is 18.9. The van der Waals surface area contributed by atoms with Crippen molar-refractivity contribution < 1.29 is 17.2 Å². The molecule has 0 unspecified atom stereocenters. The molecule has 3 aromatic carbocycles. The van der Waals surface area contributed by atoms with Crippen LogP contribution in [0.3, 0.4) is 0 Å². The van der Waals surface area contributed by atoms with Crippen LogP contribution in [0.25, 0.3) is 11.5 Å². The van der Waals surface area contributed by atoms with E-state index in [1.807, 2.05) is 43.3 Å². The van der Waals surface area contributed by atoms with Crippen LogP contribution in [-0.4, -0.2) is 13.4 Å². The zero-order chi connectivity index (χ0) is 20.4. The maximum absolute atomic E-state index is 13.3. The van der Waals surface area contributed by atoms with Gasteiger partial charge in [0.2, 0.25) is 26.6 Å². The zero-order valence-corrected chi connectivity index (χ0v) is 16.3. The predicted octanol–water partition coefficient (Wildman–Crippen LogP) is 5.37. The number of para-hydroxylation sites is 1. The minimum Gasteiger partial charge on any atom is -0.419 e. The molecular weight excluding hydrogens is 391 g/mol. The molecule has 4 rings (SSSR count). The molecule has 1 heterocycles. The number of hydrogen-bond acceptors (Lipinski definition) is 5. The van der Waals surface area contributed by atoms with Crippen LogP contribution < -0.4 is 5.32 Å². The van der Waals surface area contributed by atoms with Crippen LogP contribution in [0, 0.1) is 12.7 Å². The average molecular weight is 408 g/mol. The van der Waals surface area contributed by atoms with Crippen LogP contribution in [0.15, 0.2) is 93.2 Å². The van der Waals surface area contributed by atoms with E-state index >= 15 is 0 Å². The van der Waals surface area contributed by atoms with E-state index in [9.17, 15) is 12.8 Å². The fourth-order valence-corrected chi connectivity index (χ4v) is 4.10. The number of benzene rings is 3. The number of halogens is 1. The van der Waals surface area contributed by atoms with Gasteiger partial charge in [0, 0.05) is 11.3 Å². The molecule has 0 aliphatic rings. The van der Waals surface area contributed by atoms with Gasteiger partial charge in [-0.2, -0.15) is 4.98 Å². The minimum absolute atomic E-state index is 0.00275. The molecule has 1 N–H and O–H groups in total. The highest BCUT2D eigenvalue weighted by molar-refractivity contribution is 7.91. The van der Waals surface area contributed by atoms with Crippen molar-refractivity contribution in [1.82, 2.24) is 4.98 Å². The summed E-state index contributed by atoms with van der Waals surface area (Å²) in [5.74, 6) is -0.350. The van der Waals surface area contributed by atoms with Crippen LogP contribution in [-0.2, 0) is 9.84 Å². The number of rotatable bonds is 5. The summed E-state index contributed by atoms with van der Waals surface area (Å²) in [5.41, 5.74) is 2.29. The molecular formula is C22H17FN2O3S. The lowest BCUT2D eigenvalue weighted by Gasteiger charge is -2.06. The van der Waals surface area contributed by atoms with Gasteiger partial charge in [0.05, 0.1) is 4.90 Å². The van der Waals surface area contributed by atoms with Crippen molar-refractivity contribution in [3.05, 3.63) is 90.2 Å². The Hall–Kier alpha value is -3.45. The van der Waals surface area contributed by atoms with Crippen molar-refractivity contribution in [3.8, 4) is 11.5 Å². The summed E-state index contributed by atoms with van der Waals surface area (Å²) >= 11 is 0. The van der Waals surface area contributed by atoms with Crippen LogP contribution >= 0.6 is 0 Å². The second-order valence-corrected chi connectivity index (χ2v) is 8.34. The fraction of sp³-hybridized carbons (Fsp3) is 0.0455. The first-order valence-electron chi connectivity index (χ1n) is 8.84. The lowest BCUT2D eigenvalue weighted by Crippen LogP contribution is -2.05. The summed E-state index contributed by atoms with van der Waals surface area (Å²) in [7, 11) is -4.04. The molecule has 4 aromatic rings. The Balaban J connectivity index is 1.85. The molecule has 0 aliphatic carbocycles. The van der Waals surface area contributed by atoms with Gasteiger partial charge < -0.3 is 9.73 Å². The van der Waals surface area contributed by atoms with E-state index in [4.69, 9.17) is 4.42 Å². The summed E-state index contributed by atoms with van der Waals surface area (Å²) in [6.07, 6.45) is 0. The van der Waals surface area contributed by atoms with Crippen molar-refractivity contribution in [3.63, 3.8) is 0 Å². The standard InChI is InChI=1S/C22H17FN2O3S/c1-15-6-5-7-16(14-15)20-25-22(21(28-20)24-18-8-3-2-4-9-18)29(26,27)19-12-10-17(23)11-13-19/h2-14,24H,1H3. The van der Waals surface area contributed by atoms with Gasteiger partial charge in [-0.3, -0.25) is 0 Å². The quantitative estimate of drug-likeness (QED) is 0.450. The fourth-order valence-electron chi connectivity index (χ4n) is 2.85. The second-order valence-electron chi connectivity index (χ2n) is 6.47. The third kappa shape index (κ3) is 3.90. The molecule has 146 valence electrons. The Kier molecular flexibility index (Phi) is 4.90. The van der Waals surface area contributed by atoms with Crippen LogP contribution in [0.2, 0.25) is 0 Å². The summed E-state index contributed by atoms with van der Waals surface area (Å²) in [4.78, 5) is 4.21. The first-order chi connectivity index (χ1) is 13.9. The van der Waals surface area contributed by atoms with Crippen molar-refractivity contribution >= 4 is 21.4 Å². The van der Waals surface area contributed by atoms with E-state index in [2.05, 4.69) is 10.3 Å². The molecule has 7 heteroatoms. The third-order valence-electron chi connectivity index (χ3n) is 4.27. The maximum atomic E-state index is 13.3. The molecule has 0 atom stereocenters. The first-order valence-corrected chi connectivity index (χ1v) is 10.3. The largest absolute Gasteiger partial charge is 0.419 e. The summed E-state index contributed by atoms with van der Waals surface area (Å²) < 4.78 is 45.4. The number of oxazole rings is 1. The second kappa shape index (κ2) is 7.52. The normalized spacial score (nSPS) is 11.4. The Labute approximate surface area is 167 Å². The van der Waals surface area contributed by atoms with E-state index in [0.717, 1.165) is 17.7 Å². The van der Waals surface area contributed by atoms with Crippen molar-refractivity contribution in [2.24, 2.45) is 0 Å². The van der Waals surface area contributed by atoms with Gasteiger partial charge in [-0.05, 0) is 55.5 Å². The van der Waals surface area contributed by atoms with Crippen LogP contribution in [0.1, 0.15) is 5.56 Å². The number of aryl methyl sites for hydroxylation is 1. The molecule has 5 nitrogen and oxygen atoms in total. The maximum Gasteiger partial charge on any atom is 0.238 e. The van der Waals surface area contributed by atoms with E-state index in [0.29, 0.717) is 11.3 Å². The molecule has 0 radical (unpaired) electrons. The highest BCUT2D eigenvalue weighted by Gasteiger charge is 2.28. The number of nitrogens with zero attached hydrogens (tertiary/aromatic N) is 1. The molecule has 0 saturated carbocycles. The van der Waals surface area contributed by atoms with Crippen molar-refractivity contribution in [1.29, 1.82) is 0 Å². The molecule has 0 aliphatic heterocycles. The number of hydrogen-bond donors (Lipinski definition) is 1. The lowest BCUT2D eigenvalue weighted by atomic mass is 10.1. The monoisotopic (exact) mass is 408 g/mol. The Morgan fingerprint density at radius 2 is 1.66 bits per heavy atom.